The van der Waals surface area contributed by atoms with E-state index >= 15 is 0 Å². The normalized spacial score (nSPS) is 11.3. The van der Waals surface area contributed by atoms with Crippen LogP contribution in [0.15, 0.2) is 30.4 Å². The highest BCUT2D eigenvalue weighted by Crippen LogP contribution is 2.17. The largest absolute Gasteiger partial charge is 0.459 e. The van der Waals surface area contributed by atoms with Crippen LogP contribution in [0.2, 0.25) is 0 Å². The van der Waals surface area contributed by atoms with Crippen molar-refractivity contribution in [1.29, 1.82) is 0 Å². The molecule has 130 valence electrons. The molecule has 3 N–H and O–H groups in total. The molecule has 1 aromatic rings. The third kappa shape index (κ3) is 5.64. The molecule has 0 saturated carbocycles. The maximum absolute atomic E-state index is 12.1. The molecular formula is C15H18NO7P. The topological polar surface area (TPSA) is 125 Å². The number of nitrogen functional groups attached to an aromatic ring is 1. The van der Waals surface area contributed by atoms with Crippen LogP contribution in [-0.4, -0.2) is 42.3 Å². The molecule has 2 atom stereocenters. The lowest BCUT2D eigenvalue weighted by Gasteiger charge is -2.13. The second kappa shape index (κ2) is 9.00. The Labute approximate surface area is 140 Å². The highest BCUT2D eigenvalue weighted by atomic mass is 31.0. The van der Waals surface area contributed by atoms with Gasteiger partial charge in [0.1, 0.15) is 19.3 Å². The molecule has 0 heterocycles. The number of hydrogen-bond donors (Lipinski definition) is 2. The third-order valence-electron chi connectivity index (χ3n) is 2.75. The molecule has 0 aromatic heterocycles. The average molecular weight is 355 g/mol. The number of hydrogen-bond acceptors (Lipinski definition) is 8. The van der Waals surface area contributed by atoms with Crippen molar-refractivity contribution in [3.05, 3.63) is 41.5 Å². The van der Waals surface area contributed by atoms with E-state index in [0.717, 1.165) is 0 Å². The molecule has 0 fully saturated rings. The van der Waals surface area contributed by atoms with Crippen molar-refractivity contribution < 1.29 is 33.5 Å². The van der Waals surface area contributed by atoms with E-state index < -0.39 is 30.6 Å². The van der Waals surface area contributed by atoms with Crippen LogP contribution in [0.25, 0.3) is 0 Å². The Morgan fingerprint density at radius 2 is 1.83 bits per heavy atom. The van der Waals surface area contributed by atoms with Crippen molar-refractivity contribution in [1.82, 2.24) is 0 Å². The van der Waals surface area contributed by atoms with E-state index in [0.29, 0.717) is 0 Å². The van der Waals surface area contributed by atoms with Gasteiger partial charge in [0, 0.05) is 11.3 Å². The van der Waals surface area contributed by atoms with Crippen LogP contribution in [0.3, 0.4) is 0 Å². The number of aliphatic hydroxyl groups is 1. The SMILES string of the molecule is C=C(C)C(=O)OCC(O)COC(=O)c1cc(N)ccc1C(=O)OP. The van der Waals surface area contributed by atoms with Crippen LogP contribution >= 0.6 is 9.47 Å². The first-order chi connectivity index (χ1) is 11.3. The van der Waals surface area contributed by atoms with Gasteiger partial charge in [-0.1, -0.05) is 6.58 Å². The molecule has 2 unspecified atom stereocenters. The molecular weight excluding hydrogens is 337 g/mol. The number of carbonyl (C=O) groups is 3. The number of benzene rings is 1. The van der Waals surface area contributed by atoms with Crippen molar-refractivity contribution in [3.8, 4) is 0 Å². The molecule has 0 radical (unpaired) electrons. The Kier molecular flexibility index (Phi) is 7.35. The molecule has 0 aliphatic heterocycles. The van der Waals surface area contributed by atoms with Gasteiger partial charge in [0.15, 0.2) is 0 Å². The second-order valence-electron chi connectivity index (χ2n) is 4.84. The molecule has 0 amide bonds. The van der Waals surface area contributed by atoms with Gasteiger partial charge in [0.25, 0.3) is 0 Å². The molecule has 8 nitrogen and oxygen atoms in total. The molecule has 0 bridgehead atoms. The quantitative estimate of drug-likeness (QED) is 0.319. The number of aliphatic hydroxyl groups excluding tert-OH is 1. The summed E-state index contributed by atoms with van der Waals surface area (Å²) in [6.07, 6.45) is -1.23. The lowest BCUT2D eigenvalue weighted by molar-refractivity contribution is -0.142. The van der Waals surface area contributed by atoms with Gasteiger partial charge in [-0.25, -0.2) is 14.4 Å². The van der Waals surface area contributed by atoms with E-state index in [1.54, 1.807) is 9.47 Å². The van der Waals surface area contributed by atoms with Gasteiger partial charge in [-0.05, 0) is 25.1 Å². The first kappa shape index (κ1) is 19.6. The average Bonchev–Trinajstić information content (AvgIpc) is 2.56. The van der Waals surface area contributed by atoms with Crippen LogP contribution < -0.4 is 5.73 Å². The summed E-state index contributed by atoms with van der Waals surface area (Å²) in [6, 6.07) is 4.01. The summed E-state index contributed by atoms with van der Waals surface area (Å²) in [7, 11) is 1.78. The minimum absolute atomic E-state index is 0.0348. The van der Waals surface area contributed by atoms with Crippen molar-refractivity contribution >= 4 is 33.1 Å². The smallest absolute Gasteiger partial charge is 0.341 e. The van der Waals surface area contributed by atoms with E-state index in [-0.39, 0.29) is 29.0 Å². The van der Waals surface area contributed by atoms with E-state index in [2.05, 4.69) is 11.1 Å². The Bertz CT molecular complexity index is 659. The predicted octanol–water partition coefficient (Wildman–Crippen LogP) is 0.853. The number of nitrogens with two attached hydrogens (primary N) is 1. The molecule has 1 aromatic carbocycles. The highest BCUT2D eigenvalue weighted by molar-refractivity contribution is 7.10. The summed E-state index contributed by atoms with van der Waals surface area (Å²) in [5.41, 5.74) is 5.88. The fourth-order valence-corrected chi connectivity index (χ4v) is 1.69. The molecule has 0 saturated heterocycles. The monoisotopic (exact) mass is 355 g/mol. The highest BCUT2D eigenvalue weighted by Gasteiger charge is 2.20. The van der Waals surface area contributed by atoms with E-state index in [1.165, 1.54) is 25.1 Å². The Morgan fingerprint density at radius 1 is 1.21 bits per heavy atom. The predicted molar refractivity (Wildman–Crippen MR) is 88.0 cm³/mol. The van der Waals surface area contributed by atoms with Gasteiger partial charge in [-0.3, -0.25) is 0 Å². The molecule has 0 aliphatic carbocycles. The lowest BCUT2D eigenvalue weighted by Crippen LogP contribution is -2.26. The zero-order chi connectivity index (χ0) is 18.3. The number of ether oxygens (including phenoxy) is 2. The van der Waals surface area contributed by atoms with Gasteiger partial charge < -0.3 is 24.8 Å². The van der Waals surface area contributed by atoms with Crippen molar-refractivity contribution in [3.63, 3.8) is 0 Å². The summed E-state index contributed by atoms with van der Waals surface area (Å²) in [4.78, 5) is 34.9. The summed E-state index contributed by atoms with van der Waals surface area (Å²) in [5, 5.41) is 9.65. The van der Waals surface area contributed by atoms with Crippen molar-refractivity contribution in [2.24, 2.45) is 0 Å². The zero-order valence-electron chi connectivity index (χ0n) is 13.0. The molecule has 9 heteroatoms. The Hall–Kier alpha value is -2.44. The first-order valence-electron chi connectivity index (χ1n) is 6.74. The van der Waals surface area contributed by atoms with Crippen LogP contribution in [0, 0.1) is 0 Å². The second-order valence-corrected chi connectivity index (χ2v) is 5.08. The fourth-order valence-electron chi connectivity index (χ4n) is 1.57. The number of carbonyl (C=O) groups excluding carboxylic acids is 3. The third-order valence-corrected chi connectivity index (χ3v) is 2.97. The van der Waals surface area contributed by atoms with Gasteiger partial charge in [0.2, 0.25) is 0 Å². The van der Waals surface area contributed by atoms with Crippen LogP contribution in [-0.2, 0) is 18.8 Å². The van der Waals surface area contributed by atoms with Crippen LogP contribution in [0.1, 0.15) is 27.6 Å². The summed E-state index contributed by atoms with van der Waals surface area (Å²) >= 11 is 0. The molecule has 0 aliphatic rings. The van der Waals surface area contributed by atoms with Crippen molar-refractivity contribution in [2.45, 2.75) is 13.0 Å². The van der Waals surface area contributed by atoms with Gasteiger partial charge in [-0.15, -0.1) is 0 Å². The van der Waals surface area contributed by atoms with Gasteiger partial charge >= 0.3 is 17.9 Å². The summed E-state index contributed by atoms with van der Waals surface area (Å²) in [5.74, 6) is -2.30. The van der Waals surface area contributed by atoms with Gasteiger partial charge in [-0.2, -0.15) is 0 Å². The minimum Gasteiger partial charge on any atom is -0.459 e. The van der Waals surface area contributed by atoms with E-state index in [4.69, 9.17) is 15.2 Å². The van der Waals surface area contributed by atoms with Crippen LogP contribution in [0.4, 0.5) is 5.69 Å². The number of esters is 2. The summed E-state index contributed by atoms with van der Waals surface area (Å²) < 4.78 is 14.1. The van der Waals surface area contributed by atoms with Crippen molar-refractivity contribution in [2.75, 3.05) is 18.9 Å². The van der Waals surface area contributed by atoms with E-state index in [1.807, 2.05) is 0 Å². The fraction of sp³-hybridized carbons (Fsp3) is 0.267. The summed E-state index contributed by atoms with van der Waals surface area (Å²) in [6.45, 7) is 4.05. The maximum Gasteiger partial charge on any atom is 0.341 e. The van der Waals surface area contributed by atoms with E-state index in [9.17, 15) is 19.5 Å². The Morgan fingerprint density at radius 3 is 2.42 bits per heavy atom. The zero-order valence-corrected chi connectivity index (χ0v) is 14.1. The molecule has 1 rings (SSSR count). The standard InChI is InChI=1S/C15H18NO7P/c1-8(2)13(18)21-6-10(17)7-22-14(19)12-5-9(16)3-4-11(12)15(20)23-24/h3-5,10,17H,1,6-7,16,24H2,2H3. The molecule has 24 heavy (non-hydrogen) atoms. The Balaban J connectivity index is 2.68. The maximum atomic E-state index is 12.1. The minimum atomic E-state index is -1.23. The molecule has 0 spiro atoms. The number of rotatable bonds is 7. The van der Waals surface area contributed by atoms with Crippen LogP contribution in [0.5, 0.6) is 0 Å². The van der Waals surface area contributed by atoms with Gasteiger partial charge in [0.05, 0.1) is 20.6 Å². The first-order valence-corrected chi connectivity index (χ1v) is 7.21. The number of anilines is 1. The lowest BCUT2D eigenvalue weighted by atomic mass is 10.1.